The van der Waals surface area contributed by atoms with Gasteiger partial charge in [-0.1, -0.05) is 17.7 Å². The molecular weight excluding hydrogens is 426 g/mol. The molecule has 0 radical (unpaired) electrons. The second kappa shape index (κ2) is 9.16. The number of hydrogen-bond donors (Lipinski definition) is 2. The number of carbonyl (C=O) groups is 2. The van der Waals surface area contributed by atoms with Crippen molar-refractivity contribution in [2.75, 3.05) is 25.5 Å². The molecule has 1 unspecified atom stereocenters. The van der Waals surface area contributed by atoms with Crippen LogP contribution in [0, 0.1) is 12.8 Å². The molecule has 30 heavy (non-hydrogen) atoms. The van der Waals surface area contributed by atoms with Crippen LogP contribution in [0.2, 0.25) is 5.02 Å². The van der Waals surface area contributed by atoms with Crippen molar-refractivity contribution in [2.45, 2.75) is 24.7 Å². The molecule has 0 saturated carbocycles. The monoisotopic (exact) mass is 449 g/mol. The van der Waals surface area contributed by atoms with Gasteiger partial charge < -0.3 is 10.6 Å². The number of nitrogens with zero attached hydrogens (tertiary/aromatic N) is 1. The van der Waals surface area contributed by atoms with Gasteiger partial charge in [0.1, 0.15) is 0 Å². The van der Waals surface area contributed by atoms with Crippen LogP contribution >= 0.6 is 11.6 Å². The third-order valence-electron chi connectivity index (χ3n) is 5.27. The van der Waals surface area contributed by atoms with E-state index >= 15 is 0 Å². The molecule has 1 aliphatic rings. The average Bonchev–Trinajstić information content (AvgIpc) is 2.75. The lowest BCUT2D eigenvalue weighted by Gasteiger charge is -2.31. The zero-order chi connectivity index (χ0) is 21.9. The van der Waals surface area contributed by atoms with E-state index in [1.165, 1.54) is 28.6 Å². The van der Waals surface area contributed by atoms with Crippen molar-refractivity contribution in [1.82, 2.24) is 9.62 Å². The Morgan fingerprint density at radius 1 is 1.13 bits per heavy atom. The maximum Gasteiger partial charge on any atom is 0.251 e. The number of rotatable bonds is 5. The topological polar surface area (TPSA) is 95.6 Å². The molecule has 160 valence electrons. The molecule has 0 bridgehead atoms. The minimum Gasteiger partial charge on any atom is -0.355 e. The van der Waals surface area contributed by atoms with Gasteiger partial charge in [-0.2, -0.15) is 4.31 Å². The number of anilines is 1. The van der Waals surface area contributed by atoms with Gasteiger partial charge in [-0.25, -0.2) is 8.42 Å². The Morgan fingerprint density at radius 2 is 1.83 bits per heavy atom. The molecule has 1 atom stereocenters. The fourth-order valence-corrected chi connectivity index (χ4v) is 5.17. The Balaban J connectivity index is 1.75. The van der Waals surface area contributed by atoms with Gasteiger partial charge in [-0.05, 0) is 61.7 Å². The summed E-state index contributed by atoms with van der Waals surface area (Å²) in [5.41, 5.74) is 1.68. The predicted molar refractivity (Wildman–Crippen MR) is 116 cm³/mol. The van der Waals surface area contributed by atoms with E-state index in [-0.39, 0.29) is 23.3 Å². The quantitative estimate of drug-likeness (QED) is 0.733. The lowest BCUT2D eigenvalue weighted by Crippen LogP contribution is -2.43. The molecule has 0 aromatic heterocycles. The lowest BCUT2D eigenvalue weighted by molar-refractivity contribution is -0.120. The largest absolute Gasteiger partial charge is 0.355 e. The number of amides is 2. The molecule has 1 heterocycles. The van der Waals surface area contributed by atoms with Gasteiger partial charge in [0.2, 0.25) is 15.9 Å². The number of carbonyl (C=O) groups excluding carboxylic acids is 2. The van der Waals surface area contributed by atoms with Crippen LogP contribution in [0.3, 0.4) is 0 Å². The Morgan fingerprint density at radius 3 is 2.50 bits per heavy atom. The van der Waals surface area contributed by atoms with Gasteiger partial charge >= 0.3 is 0 Å². The number of halogens is 1. The highest BCUT2D eigenvalue weighted by Gasteiger charge is 2.33. The van der Waals surface area contributed by atoms with Gasteiger partial charge in [0.15, 0.2) is 0 Å². The Kier molecular flexibility index (Phi) is 6.80. The molecule has 0 aliphatic carbocycles. The number of sulfonamides is 1. The third-order valence-corrected chi connectivity index (χ3v) is 7.40. The molecule has 1 aliphatic heterocycles. The first kappa shape index (κ1) is 22.3. The molecule has 1 fully saturated rings. The first-order valence-electron chi connectivity index (χ1n) is 9.62. The standard InChI is InChI=1S/C21H24ClN3O4S/c1-14-18(21(27)23-2)6-3-7-19(14)24-20(26)15-5-4-12-25(13-15)30(28,29)17-10-8-16(22)9-11-17/h3,6-11,15H,4-5,12-13H2,1-2H3,(H,23,27)(H,24,26). The van der Waals surface area contributed by atoms with Crippen LogP contribution in [0.1, 0.15) is 28.8 Å². The van der Waals surface area contributed by atoms with Gasteiger partial charge in [0.25, 0.3) is 5.91 Å². The summed E-state index contributed by atoms with van der Waals surface area (Å²) in [5.74, 6) is -0.978. The molecule has 2 aromatic rings. The first-order chi connectivity index (χ1) is 14.2. The Bertz CT molecular complexity index is 1050. The average molecular weight is 450 g/mol. The highest BCUT2D eigenvalue weighted by atomic mass is 35.5. The van der Waals surface area contributed by atoms with Crippen LogP contribution in [0.4, 0.5) is 5.69 Å². The van der Waals surface area contributed by atoms with E-state index in [1.54, 1.807) is 32.2 Å². The summed E-state index contributed by atoms with van der Waals surface area (Å²) in [6.07, 6.45) is 1.18. The minimum atomic E-state index is -3.71. The van der Waals surface area contributed by atoms with Gasteiger partial charge in [0, 0.05) is 36.4 Å². The molecule has 3 rings (SSSR count). The molecule has 2 aromatic carbocycles. The molecule has 0 spiro atoms. The second-order valence-corrected chi connectivity index (χ2v) is 9.58. The summed E-state index contributed by atoms with van der Waals surface area (Å²) < 4.78 is 27.2. The van der Waals surface area contributed by atoms with Crippen molar-refractivity contribution >= 4 is 39.1 Å². The van der Waals surface area contributed by atoms with Crippen molar-refractivity contribution in [1.29, 1.82) is 0 Å². The summed E-state index contributed by atoms with van der Waals surface area (Å²) in [6.45, 7) is 2.23. The third kappa shape index (κ3) is 4.66. The van der Waals surface area contributed by atoms with Crippen molar-refractivity contribution in [3.8, 4) is 0 Å². The molecular formula is C21H24ClN3O4S. The van der Waals surface area contributed by atoms with Crippen LogP contribution in [0.25, 0.3) is 0 Å². The summed E-state index contributed by atoms with van der Waals surface area (Å²) >= 11 is 5.86. The summed E-state index contributed by atoms with van der Waals surface area (Å²) in [4.78, 5) is 25.0. The van der Waals surface area contributed by atoms with E-state index in [9.17, 15) is 18.0 Å². The molecule has 2 N–H and O–H groups in total. The van der Waals surface area contributed by atoms with Gasteiger partial charge in [-0.15, -0.1) is 0 Å². The molecule has 7 nitrogen and oxygen atoms in total. The molecule has 2 amide bonds. The van der Waals surface area contributed by atoms with Crippen LogP contribution < -0.4 is 10.6 Å². The number of hydrogen-bond acceptors (Lipinski definition) is 4. The van der Waals surface area contributed by atoms with E-state index in [4.69, 9.17) is 11.6 Å². The highest BCUT2D eigenvalue weighted by Crippen LogP contribution is 2.26. The highest BCUT2D eigenvalue weighted by molar-refractivity contribution is 7.89. The van der Waals surface area contributed by atoms with Crippen LogP contribution in [0.5, 0.6) is 0 Å². The summed E-state index contributed by atoms with van der Waals surface area (Å²) in [7, 11) is -2.16. The maximum atomic E-state index is 12.9. The zero-order valence-corrected chi connectivity index (χ0v) is 18.4. The summed E-state index contributed by atoms with van der Waals surface area (Å²) in [5, 5.41) is 5.89. The van der Waals surface area contributed by atoms with Gasteiger partial charge in [0.05, 0.1) is 10.8 Å². The lowest BCUT2D eigenvalue weighted by atomic mass is 9.98. The van der Waals surface area contributed by atoms with E-state index in [0.29, 0.717) is 41.2 Å². The number of nitrogens with one attached hydrogen (secondary N) is 2. The van der Waals surface area contributed by atoms with Gasteiger partial charge in [-0.3, -0.25) is 9.59 Å². The normalized spacial score (nSPS) is 17.4. The number of piperidine rings is 1. The second-order valence-electron chi connectivity index (χ2n) is 7.20. The summed E-state index contributed by atoms with van der Waals surface area (Å²) in [6, 6.07) is 11.1. The predicted octanol–water partition coefficient (Wildman–Crippen LogP) is 3.05. The van der Waals surface area contributed by atoms with E-state index in [2.05, 4.69) is 10.6 Å². The van der Waals surface area contributed by atoms with Crippen molar-refractivity contribution in [2.24, 2.45) is 5.92 Å². The number of benzene rings is 2. The fourth-order valence-electron chi connectivity index (χ4n) is 3.52. The fraction of sp³-hybridized carbons (Fsp3) is 0.333. The maximum absolute atomic E-state index is 12.9. The first-order valence-corrected chi connectivity index (χ1v) is 11.4. The Labute approximate surface area is 181 Å². The molecule has 9 heteroatoms. The minimum absolute atomic E-state index is 0.102. The van der Waals surface area contributed by atoms with Crippen molar-refractivity contribution < 1.29 is 18.0 Å². The van der Waals surface area contributed by atoms with Crippen molar-refractivity contribution in [3.05, 3.63) is 58.6 Å². The zero-order valence-electron chi connectivity index (χ0n) is 16.8. The molecule has 1 saturated heterocycles. The van der Waals surface area contributed by atoms with E-state index in [1.807, 2.05) is 0 Å². The van der Waals surface area contributed by atoms with Crippen molar-refractivity contribution in [3.63, 3.8) is 0 Å². The SMILES string of the molecule is CNC(=O)c1cccc(NC(=O)C2CCCN(S(=O)(=O)c3ccc(Cl)cc3)C2)c1C. The van der Waals surface area contributed by atoms with E-state index < -0.39 is 15.9 Å². The van der Waals surface area contributed by atoms with Crippen LogP contribution in [-0.4, -0.2) is 44.7 Å². The van der Waals surface area contributed by atoms with Crippen LogP contribution in [0.15, 0.2) is 47.4 Å². The smallest absolute Gasteiger partial charge is 0.251 e. The Hall–Kier alpha value is -2.42. The van der Waals surface area contributed by atoms with Crippen LogP contribution in [-0.2, 0) is 14.8 Å². The van der Waals surface area contributed by atoms with E-state index in [0.717, 1.165) is 0 Å².